The Bertz CT molecular complexity index is 647. The van der Waals surface area contributed by atoms with Crippen LogP contribution in [0.5, 0.6) is 0 Å². The van der Waals surface area contributed by atoms with Crippen LogP contribution in [-0.2, 0) is 23.1 Å². The van der Waals surface area contributed by atoms with Gasteiger partial charge in [-0.2, -0.15) is 5.10 Å². The van der Waals surface area contributed by atoms with Crippen molar-refractivity contribution in [3.8, 4) is 0 Å². The minimum atomic E-state index is -0.171. The third kappa shape index (κ3) is 4.38. The zero-order valence-electron chi connectivity index (χ0n) is 12.1. The number of aryl methyl sites for hydroxylation is 1. The van der Waals surface area contributed by atoms with Crippen molar-refractivity contribution >= 4 is 34.0 Å². The molecule has 0 atom stereocenters. The lowest BCUT2D eigenvalue weighted by atomic mass is 10.2. The molecule has 2 amide bonds. The van der Waals surface area contributed by atoms with Gasteiger partial charge in [0.05, 0.1) is 24.0 Å². The lowest BCUT2D eigenvalue weighted by molar-refractivity contribution is -0.119. The van der Waals surface area contributed by atoms with Gasteiger partial charge in [-0.3, -0.25) is 14.3 Å². The molecule has 0 aliphatic rings. The number of carbonyl (C=O) groups is 2. The maximum atomic E-state index is 11.9. The molecular formula is C13H17N5O2S. The van der Waals surface area contributed by atoms with Gasteiger partial charge in [-0.1, -0.05) is 13.8 Å². The van der Waals surface area contributed by atoms with E-state index in [-0.39, 0.29) is 24.2 Å². The highest BCUT2D eigenvalue weighted by molar-refractivity contribution is 7.13. The van der Waals surface area contributed by atoms with Crippen LogP contribution in [-0.4, -0.2) is 26.6 Å². The summed E-state index contributed by atoms with van der Waals surface area (Å²) in [6.45, 7) is 3.62. The van der Waals surface area contributed by atoms with Gasteiger partial charge in [0.1, 0.15) is 0 Å². The molecule has 21 heavy (non-hydrogen) atoms. The first kappa shape index (κ1) is 15.2. The van der Waals surface area contributed by atoms with Gasteiger partial charge in [0.2, 0.25) is 11.8 Å². The quantitative estimate of drug-likeness (QED) is 0.879. The van der Waals surface area contributed by atoms with E-state index in [0.717, 1.165) is 0 Å². The second kappa shape index (κ2) is 6.49. The monoisotopic (exact) mass is 307 g/mol. The van der Waals surface area contributed by atoms with Crippen molar-refractivity contribution < 1.29 is 9.59 Å². The summed E-state index contributed by atoms with van der Waals surface area (Å²) in [6.07, 6.45) is 3.45. The first-order valence-electron chi connectivity index (χ1n) is 6.48. The fourth-order valence-corrected chi connectivity index (χ4v) is 2.26. The molecule has 2 aromatic heterocycles. The minimum Gasteiger partial charge on any atom is -0.323 e. The second-order valence-electron chi connectivity index (χ2n) is 4.92. The highest BCUT2D eigenvalue weighted by Gasteiger charge is 2.12. The number of nitrogens with zero attached hydrogens (tertiary/aromatic N) is 3. The topological polar surface area (TPSA) is 88.9 Å². The van der Waals surface area contributed by atoms with E-state index < -0.39 is 0 Å². The maximum Gasteiger partial charge on any atom is 0.230 e. The number of aromatic nitrogens is 3. The number of hydrogen-bond donors (Lipinski definition) is 2. The molecule has 8 heteroatoms. The Morgan fingerprint density at radius 3 is 2.76 bits per heavy atom. The number of anilines is 2. The average molecular weight is 307 g/mol. The van der Waals surface area contributed by atoms with E-state index in [0.29, 0.717) is 16.5 Å². The maximum absolute atomic E-state index is 11.9. The highest BCUT2D eigenvalue weighted by atomic mass is 32.1. The van der Waals surface area contributed by atoms with Crippen molar-refractivity contribution in [3.05, 3.63) is 23.5 Å². The number of hydrogen-bond acceptors (Lipinski definition) is 5. The van der Waals surface area contributed by atoms with Crippen LogP contribution in [0.1, 0.15) is 19.5 Å². The van der Waals surface area contributed by atoms with Crippen molar-refractivity contribution in [2.24, 2.45) is 13.0 Å². The molecule has 0 bridgehead atoms. The van der Waals surface area contributed by atoms with Crippen LogP contribution in [0.25, 0.3) is 0 Å². The molecule has 112 valence electrons. The Labute approximate surface area is 126 Å². The van der Waals surface area contributed by atoms with Crippen molar-refractivity contribution in [1.82, 2.24) is 14.8 Å². The van der Waals surface area contributed by atoms with Gasteiger partial charge in [-0.25, -0.2) is 4.98 Å². The summed E-state index contributed by atoms with van der Waals surface area (Å²) in [5, 5.41) is 11.7. The van der Waals surface area contributed by atoms with Crippen LogP contribution in [0.3, 0.4) is 0 Å². The molecule has 0 fully saturated rings. The number of carbonyl (C=O) groups excluding carboxylic acids is 2. The summed E-state index contributed by atoms with van der Waals surface area (Å²) in [7, 11) is 1.78. The normalized spacial score (nSPS) is 10.7. The van der Waals surface area contributed by atoms with Crippen LogP contribution in [0.2, 0.25) is 0 Å². The van der Waals surface area contributed by atoms with Crippen molar-refractivity contribution in [3.63, 3.8) is 0 Å². The van der Waals surface area contributed by atoms with E-state index in [1.54, 1.807) is 29.5 Å². The molecule has 0 spiro atoms. The van der Waals surface area contributed by atoms with Gasteiger partial charge in [0, 0.05) is 24.5 Å². The Morgan fingerprint density at radius 2 is 2.14 bits per heavy atom. The molecule has 2 rings (SSSR count). The summed E-state index contributed by atoms with van der Waals surface area (Å²) in [5.74, 6) is -0.364. The Balaban J connectivity index is 1.90. The van der Waals surface area contributed by atoms with Gasteiger partial charge >= 0.3 is 0 Å². The van der Waals surface area contributed by atoms with Crippen LogP contribution < -0.4 is 10.6 Å². The zero-order chi connectivity index (χ0) is 15.4. The summed E-state index contributed by atoms with van der Waals surface area (Å²) in [4.78, 5) is 27.6. The molecule has 2 N–H and O–H groups in total. The van der Waals surface area contributed by atoms with Gasteiger partial charge in [0.25, 0.3) is 0 Å². The van der Waals surface area contributed by atoms with E-state index >= 15 is 0 Å². The van der Waals surface area contributed by atoms with E-state index in [9.17, 15) is 9.59 Å². The largest absolute Gasteiger partial charge is 0.323 e. The Kier molecular flexibility index (Phi) is 4.69. The molecule has 0 aliphatic heterocycles. The smallest absolute Gasteiger partial charge is 0.230 e. The molecule has 0 unspecified atom stereocenters. The fraction of sp³-hybridized carbons (Fsp3) is 0.385. The van der Waals surface area contributed by atoms with Crippen LogP contribution in [0.4, 0.5) is 10.8 Å². The highest BCUT2D eigenvalue weighted by Crippen LogP contribution is 2.17. The number of nitrogens with one attached hydrogen (secondary N) is 2. The SMILES string of the molecule is CC(C)C(=O)Nc1nc(CC(=O)Nc2cnn(C)c2)cs1. The van der Waals surface area contributed by atoms with Crippen LogP contribution in [0.15, 0.2) is 17.8 Å². The summed E-state index contributed by atoms with van der Waals surface area (Å²) in [6, 6.07) is 0. The van der Waals surface area contributed by atoms with Crippen molar-refractivity contribution in [2.45, 2.75) is 20.3 Å². The van der Waals surface area contributed by atoms with E-state index in [1.807, 2.05) is 13.8 Å². The zero-order valence-corrected chi connectivity index (χ0v) is 12.9. The number of amides is 2. The number of rotatable bonds is 5. The average Bonchev–Trinajstić information content (AvgIpc) is 2.99. The molecule has 0 aliphatic carbocycles. The number of thiazole rings is 1. The predicted molar refractivity (Wildman–Crippen MR) is 81.1 cm³/mol. The fourth-order valence-electron chi connectivity index (χ4n) is 1.55. The van der Waals surface area contributed by atoms with Gasteiger partial charge < -0.3 is 10.6 Å². The molecule has 7 nitrogen and oxygen atoms in total. The first-order valence-corrected chi connectivity index (χ1v) is 7.36. The Hall–Kier alpha value is -2.22. The summed E-state index contributed by atoms with van der Waals surface area (Å²) >= 11 is 1.31. The van der Waals surface area contributed by atoms with Crippen LogP contribution >= 0.6 is 11.3 Å². The second-order valence-corrected chi connectivity index (χ2v) is 5.77. The van der Waals surface area contributed by atoms with E-state index in [1.165, 1.54) is 11.3 Å². The van der Waals surface area contributed by atoms with Gasteiger partial charge in [-0.05, 0) is 0 Å². The third-order valence-corrected chi connectivity index (χ3v) is 3.44. The Morgan fingerprint density at radius 1 is 1.38 bits per heavy atom. The van der Waals surface area contributed by atoms with Crippen molar-refractivity contribution in [1.29, 1.82) is 0 Å². The molecule has 2 aromatic rings. The first-order chi connectivity index (χ1) is 9.94. The molecule has 2 heterocycles. The lowest BCUT2D eigenvalue weighted by Crippen LogP contribution is -2.18. The van der Waals surface area contributed by atoms with E-state index in [4.69, 9.17) is 0 Å². The van der Waals surface area contributed by atoms with E-state index in [2.05, 4.69) is 20.7 Å². The summed E-state index contributed by atoms with van der Waals surface area (Å²) < 4.78 is 1.61. The third-order valence-electron chi connectivity index (χ3n) is 2.64. The lowest BCUT2D eigenvalue weighted by Gasteiger charge is -2.03. The summed E-state index contributed by atoms with van der Waals surface area (Å²) in [5.41, 5.74) is 1.27. The van der Waals surface area contributed by atoms with Crippen LogP contribution in [0, 0.1) is 5.92 Å². The predicted octanol–water partition coefficient (Wildman–Crippen LogP) is 1.65. The minimum absolute atomic E-state index is 0.0873. The van der Waals surface area contributed by atoms with Gasteiger partial charge in [-0.15, -0.1) is 11.3 Å². The molecular weight excluding hydrogens is 290 g/mol. The standard InChI is InChI=1S/C13H17N5O2S/c1-8(2)12(20)17-13-16-9(7-21-13)4-11(19)15-10-5-14-18(3)6-10/h5-8H,4H2,1-3H3,(H,15,19)(H,16,17,20). The molecule has 0 saturated heterocycles. The molecule has 0 radical (unpaired) electrons. The van der Waals surface area contributed by atoms with Crippen molar-refractivity contribution in [2.75, 3.05) is 10.6 Å². The molecule has 0 aromatic carbocycles. The van der Waals surface area contributed by atoms with Gasteiger partial charge in [0.15, 0.2) is 5.13 Å². The molecule has 0 saturated carbocycles.